The third-order valence-corrected chi connectivity index (χ3v) is 5.15. The molecule has 0 unspecified atom stereocenters. The topological polar surface area (TPSA) is 112 Å². The summed E-state index contributed by atoms with van der Waals surface area (Å²) in [6, 6.07) is 10.4. The fraction of sp³-hybridized carbons (Fsp3) is 0. The second-order valence-electron chi connectivity index (χ2n) is 4.32. The first-order chi connectivity index (χ1) is 10.9. The fourth-order valence-electron chi connectivity index (χ4n) is 1.72. The molecule has 0 radical (unpaired) electrons. The monoisotopic (exact) mass is 350 g/mol. The Morgan fingerprint density at radius 3 is 1.87 bits per heavy atom. The summed E-state index contributed by atoms with van der Waals surface area (Å²) in [4.78, 5) is 34.3. The number of hydrogen-bond acceptors (Lipinski definition) is 5. The summed E-state index contributed by atoms with van der Waals surface area (Å²) in [5, 5.41) is 27.0. The number of aromatic carboxylic acids is 3. The van der Waals surface area contributed by atoms with Gasteiger partial charge in [0.1, 0.15) is 0 Å². The lowest BCUT2D eigenvalue weighted by molar-refractivity contribution is 0.0651. The molecule has 0 fully saturated rings. The SMILES string of the molecule is O=C(O)c1cccc(SSc2ccc(C(=O)O)c(C(=O)O)c2)c1. The van der Waals surface area contributed by atoms with Crippen LogP contribution in [0.4, 0.5) is 0 Å². The van der Waals surface area contributed by atoms with E-state index in [9.17, 15) is 14.4 Å². The van der Waals surface area contributed by atoms with Gasteiger partial charge in [0.25, 0.3) is 0 Å². The summed E-state index contributed by atoms with van der Waals surface area (Å²) in [6.45, 7) is 0. The molecular formula is C15H10O6S2. The lowest BCUT2D eigenvalue weighted by atomic mass is 10.1. The summed E-state index contributed by atoms with van der Waals surface area (Å²) >= 11 is 0. The summed E-state index contributed by atoms with van der Waals surface area (Å²) in [5.74, 6) is -3.65. The van der Waals surface area contributed by atoms with Gasteiger partial charge in [0.15, 0.2) is 0 Å². The minimum Gasteiger partial charge on any atom is -0.478 e. The van der Waals surface area contributed by atoms with Crippen LogP contribution in [0.3, 0.4) is 0 Å². The molecule has 0 bridgehead atoms. The van der Waals surface area contributed by atoms with Gasteiger partial charge in [-0.05, 0) is 36.4 Å². The van der Waals surface area contributed by atoms with Crippen LogP contribution in [0.2, 0.25) is 0 Å². The van der Waals surface area contributed by atoms with Crippen LogP contribution in [0.15, 0.2) is 52.3 Å². The third-order valence-electron chi connectivity index (χ3n) is 2.77. The Hall–Kier alpha value is -2.45. The molecule has 6 nitrogen and oxygen atoms in total. The van der Waals surface area contributed by atoms with Gasteiger partial charge in [0.05, 0.1) is 16.7 Å². The van der Waals surface area contributed by atoms with E-state index in [1.165, 1.54) is 51.9 Å². The fourth-order valence-corrected chi connectivity index (χ4v) is 3.71. The van der Waals surface area contributed by atoms with E-state index in [-0.39, 0.29) is 16.7 Å². The maximum absolute atomic E-state index is 11.1. The van der Waals surface area contributed by atoms with E-state index in [4.69, 9.17) is 15.3 Å². The highest BCUT2D eigenvalue weighted by molar-refractivity contribution is 8.76. The van der Waals surface area contributed by atoms with Crippen molar-refractivity contribution >= 4 is 39.5 Å². The van der Waals surface area contributed by atoms with Crippen molar-refractivity contribution in [1.82, 2.24) is 0 Å². The van der Waals surface area contributed by atoms with Gasteiger partial charge in [-0.1, -0.05) is 27.7 Å². The molecule has 0 aliphatic rings. The Morgan fingerprint density at radius 2 is 1.30 bits per heavy atom. The first-order valence-corrected chi connectivity index (χ1v) is 8.32. The largest absolute Gasteiger partial charge is 0.478 e. The number of rotatable bonds is 6. The highest BCUT2D eigenvalue weighted by Crippen LogP contribution is 2.38. The molecule has 0 aliphatic carbocycles. The van der Waals surface area contributed by atoms with Crippen molar-refractivity contribution in [2.75, 3.05) is 0 Å². The molecule has 0 spiro atoms. The second-order valence-corrected chi connectivity index (χ2v) is 6.59. The van der Waals surface area contributed by atoms with Crippen molar-refractivity contribution in [2.24, 2.45) is 0 Å². The van der Waals surface area contributed by atoms with Gasteiger partial charge in [-0.2, -0.15) is 0 Å². The smallest absolute Gasteiger partial charge is 0.336 e. The van der Waals surface area contributed by atoms with Gasteiger partial charge in [0, 0.05) is 9.79 Å². The van der Waals surface area contributed by atoms with Crippen LogP contribution in [0.5, 0.6) is 0 Å². The molecule has 0 heterocycles. The molecule has 0 atom stereocenters. The van der Waals surface area contributed by atoms with E-state index < -0.39 is 17.9 Å². The highest BCUT2D eigenvalue weighted by Gasteiger charge is 2.16. The summed E-state index contributed by atoms with van der Waals surface area (Å²) < 4.78 is 0. The lowest BCUT2D eigenvalue weighted by Gasteiger charge is -2.06. The van der Waals surface area contributed by atoms with Crippen molar-refractivity contribution in [3.8, 4) is 0 Å². The van der Waals surface area contributed by atoms with E-state index in [0.717, 1.165) is 0 Å². The predicted octanol–water partition coefficient (Wildman–Crippen LogP) is 3.58. The summed E-state index contributed by atoms with van der Waals surface area (Å²) in [6.07, 6.45) is 0. The average molecular weight is 350 g/mol. The quantitative estimate of drug-likeness (QED) is 0.678. The number of hydrogen-bond donors (Lipinski definition) is 3. The molecule has 3 N–H and O–H groups in total. The Bertz CT molecular complexity index is 787. The van der Waals surface area contributed by atoms with Gasteiger partial charge in [-0.15, -0.1) is 0 Å². The Kier molecular flexibility index (Phi) is 5.30. The van der Waals surface area contributed by atoms with E-state index in [2.05, 4.69) is 0 Å². The van der Waals surface area contributed by atoms with Gasteiger partial charge >= 0.3 is 17.9 Å². The first kappa shape index (κ1) is 16.9. The maximum atomic E-state index is 11.1. The van der Waals surface area contributed by atoms with Crippen molar-refractivity contribution in [3.63, 3.8) is 0 Å². The molecule has 118 valence electrons. The summed E-state index contributed by atoms with van der Waals surface area (Å²) in [5.41, 5.74) is -0.412. The molecule has 0 amide bonds. The van der Waals surface area contributed by atoms with Gasteiger partial charge < -0.3 is 15.3 Å². The zero-order chi connectivity index (χ0) is 17.0. The molecule has 23 heavy (non-hydrogen) atoms. The van der Waals surface area contributed by atoms with E-state index in [1.807, 2.05) is 0 Å². The van der Waals surface area contributed by atoms with E-state index >= 15 is 0 Å². The lowest BCUT2D eigenvalue weighted by Crippen LogP contribution is -2.07. The molecule has 0 aromatic heterocycles. The van der Waals surface area contributed by atoms with Crippen molar-refractivity contribution in [1.29, 1.82) is 0 Å². The summed E-state index contributed by atoms with van der Waals surface area (Å²) in [7, 11) is 2.47. The zero-order valence-electron chi connectivity index (χ0n) is 11.4. The molecular weight excluding hydrogens is 340 g/mol. The van der Waals surface area contributed by atoms with Crippen molar-refractivity contribution in [3.05, 3.63) is 59.2 Å². The van der Waals surface area contributed by atoms with Gasteiger partial charge in [-0.25, -0.2) is 14.4 Å². The van der Waals surface area contributed by atoms with Crippen LogP contribution in [0, 0.1) is 0 Å². The Balaban J connectivity index is 2.19. The minimum atomic E-state index is -1.32. The van der Waals surface area contributed by atoms with E-state index in [0.29, 0.717) is 9.79 Å². The molecule has 8 heteroatoms. The Morgan fingerprint density at radius 1 is 0.696 bits per heavy atom. The third kappa shape index (κ3) is 4.27. The zero-order valence-corrected chi connectivity index (χ0v) is 13.1. The van der Waals surface area contributed by atoms with Crippen LogP contribution >= 0.6 is 21.6 Å². The molecule has 0 aliphatic heterocycles. The van der Waals surface area contributed by atoms with Crippen LogP contribution in [-0.2, 0) is 0 Å². The van der Waals surface area contributed by atoms with E-state index in [1.54, 1.807) is 12.1 Å². The maximum Gasteiger partial charge on any atom is 0.336 e. The van der Waals surface area contributed by atoms with Gasteiger partial charge in [0.2, 0.25) is 0 Å². The molecule has 2 aromatic rings. The van der Waals surface area contributed by atoms with Crippen LogP contribution in [-0.4, -0.2) is 33.2 Å². The number of carboxylic acids is 3. The average Bonchev–Trinajstić information content (AvgIpc) is 2.52. The minimum absolute atomic E-state index is 0.156. The predicted molar refractivity (Wildman–Crippen MR) is 85.5 cm³/mol. The molecule has 0 saturated heterocycles. The standard InChI is InChI=1S/C15H10O6S2/c16-13(17)8-2-1-3-9(6-8)22-23-10-4-5-11(14(18)19)12(7-10)15(20)21/h1-7H,(H,16,17)(H,18,19)(H,20,21). The number of carboxylic acid groups (broad SMARTS) is 3. The van der Waals surface area contributed by atoms with Gasteiger partial charge in [-0.3, -0.25) is 0 Å². The first-order valence-electron chi connectivity index (χ1n) is 6.17. The molecule has 0 saturated carbocycles. The van der Waals surface area contributed by atoms with Crippen LogP contribution < -0.4 is 0 Å². The highest BCUT2D eigenvalue weighted by atomic mass is 33.1. The molecule has 2 rings (SSSR count). The normalized spacial score (nSPS) is 10.3. The van der Waals surface area contributed by atoms with Crippen LogP contribution in [0.1, 0.15) is 31.1 Å². The Labute approximate surface area is 138 Å². The number of benzene rings is 2. The van der Waals surface area contributed by atoms with Crippen molar-refractivity contribution < 1.29 is 29.7 Å². The number of carbonyl (C=O) groups is 3. The molecule has 2 aromatic carbocycles. The van der Waals surface area contributed by atoms with Crippen LogP contribution in [0.25, 0.3) is 0 Å². The van der Waals surface area contributed by atoms with Crippen molar-refractivity contribution in [2.45, 2.75) is 9.79 Å². The second kappa shape index (κ2) is 7.21.